The Morgan fingerprint density at radius 1 is 1.35 bits per heavy atom. The number of nitrogens with one attached hydrogen (secondary N) is 1. The van der Waals surface area contributed by atoms with Gasteiger partial charge in [-0.2, -0.15) is 0 Å². The van der Waals surface area contributed by atoms with Gasteiger partial charge >= 0.3 is 0 Å². The first kappa shape index (κ1) is 16.5. The summed E-state index contributed by atoms with van der Waals surface area (Å²) < 4.78 is 0. The third-order valence-corrected chi connectivity index (χ3v) is 3.41. The second kappa shape index (κ2) is 7.88. The van der Waals surface area contributed by atoms with Gasteiger partial charge in [-0.1, -0.05) is 40.0 Å². The second-order valence-corrected chi connectivity index (χ2v) is 6.16. The van der Waals surface area contributed by atoms with Crippen LogP contribution in [0.25, 0.3) is 0 Å². The smallest absolute Gasteiger partial charge is 0.226 e. The minimum Gasteiger partial charge on any atom is -0.397 e. The summed E-state index contributed by atoms with van der Waals surface area (Å²) in [6.07, 6.45) is 6.74. The number of nitrogen functional groups attached to an aromatic ring is 1. The lowest BCUT2D eigenvalue weighted by Gasteiger charge is -2.24. The lowest BCUT2D eigenvalue weighted by Crippen LogP contribution is -2.35. The number of anilines is 1. The van der Waals surface area contributed by atoms with Crippen molar-refractivity contribution in [1.82, 2.24) is 10.3 Å². The van der Waals surface area contributed by atoms with Crippen molar-refractivity contribution < 1.29 is 4.79 Å². The molecule has 4 nitrogen and oxygen atoms in total. The zero-order valence-electron chi connectivity index (χ0n) is 12.9. The van der Waals surface area contributed by atoms with Crippen molar-refractivity contribution in [3.8, 4) is 0 Å². The van der Waals surface area contributed by atoms with Crippen LogP contribution in [0.2, 0.25) is 0 Å². The number of hydrogen-bond acceptors (Lipinski definition) is 3. The number of nitrogens with zero attached hydrogens (tertiary/aromatic N) is 1. The van der Waals surface area contributed by atoms with Crippen LogP contribution in [0, 0.1) is 5.41 Å². The number of hydrogen-bond donors (Lipinski definition) is 2. The van der Waals surface area contributed by atoms with Crippen molar-refractivity contribution in [2.45, 2.75) is 52.9 Å². The van der Waals surface area contributed by atoms with E-state index in [1.54, 1.807) is 18.3 Å². The summed E-state index contributed by atoms with van der Waals surface area (Å²) >= 11 is 0. The van der Waals surface area contributed by atoms with Crippen molar-refractivity contribution >= 4 is 11.6 Å². The average molecular weight is 277 g/mol. The largest absolute Gasteiger partial charge is 0.397 e. The molecule has 0 bridgehead atoms. The lowest BCUT2D eigenvalue weighted by atomic mass is 9.87. The highest BCUT2D eigenvalue weighted by Gasteiger charge is 2.18. The Bertz CT molecular complexity index is 412. The lowest BCUT2D eigenvalue weighted by molar-refractivity contribution is -0.120. The van der Waals surface area contributed by atoms with Gasteiger partial charge in [0, 0.05) is 12.2 Å². The first-order chi connectivity index (χ1) is 9.43. The van der Waals surface area contributed by atoms with Gasteiger partial charge < -0.3 is 11.1 Å². The van der Waals surface area contributed by atoms with E-state index in [0.29, 0.717) is 18.7 Å². The Balaban J connectivity index is 2.33. The molecule has 112 valence electrons. The second-order valence-electron chi connectivity index (χ2n) is 6.16. The van der Waals surface area contributed by atoms with Gasteiger partial charge in [-0.25, -0.2) is 0 Å². The number of aromatic nitrogens is 1. The van der Waals surface area contributed by atoms with E-state index >= 15 is 0 Å². The summed E-state index contributed by atoms with van der Waals surface area (Å²) in [7, 11) is 0. The predicted molar refractivity (Wildman–Crippen MR) is 83.3 cm³/mol. The van der Waals surface area contributed by atoms with Crippen LogP contribution in [0.15, 0.2) is 18.3 Å². The van der Waals surface area contributed by atoms with E-state index in [-0.39, 0.29) is 11.3 Å². The van der Waals surface area contributed by atoms with Gasteiger partial charge in [0.2, 0.25) is 5.91 Å². The normalized spacial score (nSPS) is 11.3. The Labute approximate surface area is 122 Å². The van der Waals surface area contributed by atoms with Gasteiger partial charge in [0.1, 0.15) is 0 Å². The van der Waals surface area contributed by atoms with Gasteiger partial charge in [0.15, 0.2) is 0 Å². The molecule has 0 unspecified atom stereocenters. The number of rotatable bonds is 8. The van der Waals surface area contributed by atoms with Crippen LogP contribution in [-0.2, 0) is 11.2 Å². The number of amides is 1. The molecule has 1 aromatic heterocycles. The fourth-order valence-electron chi connectivity index (χ4n) is 2.05. The highest BCUT2D eigenvalue weighted by molar-refractivity contribution is 5.78. The molecule has 3 N–H and O–H groups in total. The van der Waals surface area contributed by atoms with Crippen molar-refractivity contribution in [1.29, 1.82) is 0 Å². The Morgan fingerprint density at radius 3 is 2.70 bits per heavy atom. The van der Waals surface area contributed by atoms with E-state index in [2.05, 4.69) is 31.1 Å². The van der Waals surface area contributed by atoms with Crippen LogP contribution in [0.3, 0.4) is 0 Å². The maximum atomic E-state index is 11.9. The Hall–Kier alpha value is -1.58. The molecule has 0 aromatic carbocycles. The van der Waals surface area contributed by atoms with Crippen molar-refractivity contribution in [3.05, 3.63) is 24.0 Å². The van der Waals surface area contributed by atoms with Crippen LogP contribution < -0.4 is 11.1 Å². The maximum absolute atomic E-state index is 11.9. The van der Waals surface area contributed by atoms with Gasteiger partial charge in [0.05, 0.1) is 18.3 Å². The number of unbranched alkanes of at least 4 members (excludes halogenated alkanes) is 2. The average Bonchev–Trinajstić information content (AvgIpc) is 2.40. The molecule has 0 radical (unpaired) electrons. The standard InChI is InChI=1S/C16H27N3O/c1-4-5-6-9-16(2,3)12-19-15(20)10-14-8-7-13(17)11-18-14/h7-8,11H,4-6,9-10,12,17H2,1-3H3,(H,19,20). The van der Waals surface area contributed by atoms with E-state index in [0.717, 1.165) is 12.1 Å². The molecule has 4 heteroatoms. The third-order valence-electron chi connectivity index (χ3n) is 3.41. The fourth-order valence-corrected chi connectivity index (χ4v) is 2.05. The van der Waals surface area contributed by atoms with Gasteiger partial charge in [-0.05, 0) is 24.0 Å². The van der Waals surface area contributed by atoms with Crippen LogP contribution in [0.5, 0.6) is 0 Å². The van der Waals surface area contributed by atoms with Crippen LogP contribution >= 0.6 is 0 Å². The molecule has 1 rings (SSSR count). The molecule has 0 saturated heterocycles. The summed E-state index contributed by atoms with van der Waals surface area (Å²) in [4.78, 5) is 16.0. The number of nitrogens with two attached hydrogens (primary N) is 1. The Kier molecular flexibility index (Phi) is 6.49. The summed E-state index contributed by atoms with van der Waals surface area (Å²) in [5.74, 6) is 0.0193. The van der Waals surface area contributed by atoms with Crippen LogP contribution in [0.4, 0.5) is 5.69 Å². The first-order valence-corrected chi connectivity index (χ1v) is 7.40. The number of carbonyl (C=O) groups excluding carboxylic acids is 1. The SMILES string of the molecule is CCCCCC(C)(C)CNC(=O)Cc1ccc(N)cn1. The molecule has 0 saturated carbocycles. The molecule has 0 aliphatic carbocycles. The van der Waals surface area contributed by atoms with Gasteiger partial charge in [-0.15, -0.1) is 0 Å². The first-order valence-electron chi connectivity index (χ1n) is 7.40. The molecule has 0 atom stereocenters. The molecule has 0 aliphatic rings. The topological polar surface area (TPSA) is 68.0 Å². The monoisotopic (exact) mass is 277 g/mol. The summed E-state index contributed by atoms with van der Waals surface area (Å²) in [5.41, 5.74) is 7.09. The molecule has 20 heavy (non-hydrogen) atoms. The van der Waals surface area contributed by atoms with E-state index in [1.807, 2.05) is 0 Å². The Morgan fingerprint density at radius 2 is 2.10 bits per heavy atom. The summed E-state index contributed by atoms with van der Waals surface area (Å²) in [6, 6.07) is 3.56. The molecule has 1 amide bonds. The number of pyridine rings is 1. The van der Waals surface area contributed by atoms with Crippen molar-refractivity contribution in [2.24, 2.45) is 5.41 Å². The molecular weight excluding hydrogens is 250 g/mol. The highest BCUT2D eigenvalue weighted by atomic mass is 16.1. The maximum Gasteiger partial charge on any atom is 0.226 e. The summed E-state index contributed by atoms with van der Waals surface area (Å²) in [6.45, 7) is 7.31. The molecule has 1 heterocycles. The van der Waals surface area contributed by atoms with E-state index in [1.165, 1.54) is 19.3 Å². The molecule has 0 fully saturated rings. The summed E-state index contributed by atoms with van der Waals surface area (Å²) in [5, 5.41) is 3.00. The minimum atomic E-state index is 0.0193. The van der Waals surface area contributed by atoms with Crippen LogP contribution in [0.1, 0.15) is 52.1 Å². The molecular formula is C16H27N3O. The molecule has 0 spiro atoms. The van der Waals surface area contributed by atoms with E-state index in [4.69, 9.17) is 5.73 Å². The van der Waals surface area contributed by atoms with E-state index in [9.17, 15) is 4.79 Å². The zero-order chi connectivity index (χ0) is 15.0. The fraction of sp³-hybridized carbons (Fsp3) is 0.625. The highest BCUT2D eigenvalue weighted by Crippen LogP contribution is 2.22. The van der Waals surface area contributed by atoms with Crippen LogP contribution in [-0.4, -0.2) is 17.4 Å². The number of carbonyl (C=O) groups is 1. The minimum absolute atomic E-state index is 0.0193. The quantitative estimate of drug-likeness (QED) is 0.718. The zero-order valence-corrected chi connectivity index (χ0v) is 12.9. The van der Waals surface area contributed by atoms with Crippen molar-refractivity contribution in [3.63, 3.8) is 0 Å². The molecule has 1 aromatic rings. The van der Waals surface area contributed by atoms with Gasteiger partial charge in [-0.3, -0.25) is 9.78 Å². The van der Waals surface area contributed by atoms with Crippen molar-refractivity contribution in [2.75, 3.05) is 12.3 Å². The van der Waals surface area contributed by atoms with E-state index < -0.39 is 0 Å². The molecule has 0 aliphatic heterocycles. The predicted octanol–water partition coefficient (Wildman–Crippen LogP) is 2.93. The van der Waals surface area contributed by atoms with Gasteiger partial charge in [0.25, 0.3) is 0 Å². The third kappa shape index (κ3) is 6.55.